The highest BCUT2D eigenvalue weighted by Gasteiger charge is 2.21. The van der Waals surface area contributed by atoms with Crippen molar-refractivity contribution in [3.63, 3.8) is 0 Å². The number of likely N-dealkylation sites (tertiary alicyclic amines) is 2. The molecule has 144 valence electrons. The number of aromatic nitrogens is 1. The fraction of sp³-hybridized carbons (Fsp3) is 0.700. The zero-order chi connectivity index (χ0) is 18.2. The van der Waals surface area contributed by atoms with Gasteiger partial charge in [-0.15, -0.1) is 0 Å². The summed E-state index contributed by atoms with van der Waals surface area (Å²) in [6.45, 7) is 6.20. The van der Waals surface area contributed by atoms with Gasteiger partial charge in [-0.05, 0) is 75.9 Å². The first-order valence-corrected chi connectivity index (χ1v) is 10.0. The number of hydrogen-bond acceptors (Lipinski definition) is 4. The zero-order valence-corrected chi connectivity index (χ0v) is 16.0. The third kappa shape index (κ3) is 6.25. The van der Waals surface area contributed by atoms with Crippen LogP contribution in [0.2, 0.25) is 0 Å². The number of piperidine rings is 2. The van der Waals surface area contributed by atoms with Crippen LogP contribution in [-0.4, -0.2) is 66.6 Å². The normalized spacial score (nSPS) is 20.8. The Kier molecular flexibility index (Phi) is 7.26. The summed E-state index contributed by atoms with van der Waals surface area (Å²) in [4.78, 5) is 21.0. The molecule has 2 N–H and O–H groups in total. The van der Waals surface area contributed by atoms with E-state index in [0.717, 1.165) is 51.4 Å². The van der Waals surface area contributed by atoms with E-state index in [1.54, 1.807) is 0 Å². The number of hydrogen-bond donors (Lipinski definition) is 2. The van der Waals surface area contributed by atoms with Crippen LogP contribution in [0.3, 0.4) is 0 Å². The molecular weight excluding hydrogens is 326 g/mol. The smallest absolute Gasteiger partial charge is 0.315 e. The summed E-state index contributed by atoms with van der Waals surface area (Å²) in [7, 11) is 2.18. The van der Waals surface area contributed by atoms with Gasteiger partial charge in [-0.3, -0.25) is 9.88 Å². The predicted molar refractivity (Wildman–Crippen MR) is 104 cm³/mol. The molecule has 2 saturated heterocycles. The Morgan fingerprint density at radius 3 is 2.50 bits per heavy atom. The first kappa shape index (κ1) is 19.1. The van der Waals surface area contributed by atoms with Gasteiger partial charge in [0, 0.05) is 44.6 Å². The summed E-state index contributed by atoms with van der Waals surface area (Å²) in [5.41, 5.74) is 1.30. The molecule has 0 aromatic carbocycles. The molecule has 0 bridgehead atoms. The number of urea groups is 1. The van der Waals surface area contributed by atoms with Crippen LogP contribution in [0.4, 0.5) is 4.79 Å². The van der Waals surface area contributed by atoms with E-state index in [4.69, 9.17) is 0 Å². The van der Waals surface area contributed by atoms with Crippen molar-refractivity contribution in [2.45, 2.75) is 44.7 Å². The number of carbonyl (C=O) groups excluding carboxylic acids is 1. The predicted octanol–water partition coefficient (Wildman–Crippen LogP) is 2.08. The van der Waals surface area contributed by atoms with Crippen LogP contribution in [-0.2, 0) is 6.54 Å². The van der Waals surface area contributed by atoms with Gasteiger partial charge in [0.05, 0.1) is 0 Å². The molecule has 0 unspecified atom stereocenters. The van der Waals surface area contributed by atoms with Gasteiger partial charge in [0.15, 0.2) is 0 Å². The second-order valence-electron chi connectivity index (χ2n) is 7.84. The third-order valence-corrected chi connectivity index (χ3v) is 5.75. The van der Waals surface area contributed by atoms with E-state index in [9.17, 15) is 4.79 Å². The first-order chi connectivity index (χ1) is 12.7. The summed E-state index contributed by atoms with van der Waals surface area (Å²) in [6.07, 6.45) is 9.36. The summed E-state index contributed by atoms with van der Waals surface area (Å²) in [5.74, 6) is 0.767. The number of amides is 2. The fourth-order valence-electron chi connectivity index (χ4n) is 3.96. The fourth-order valence-corrected chi connectivity index (χ4v) is 3.96. The topological polar surface area (TPSA) is 60.5 Å². The molecule has 3 heterocycles. The maximum Gasteiger partial charge on any atom is 0.315 e. The Morgan fingerprint density at radius 1 is 1.12 bits per heavy atom. The minimum Gasteiger partial charge on any atom is -0.338 e. The Labute approximate surface area is 157 Å². The number of pyridine rings is 1. The molecule has 0 radical (unpaired) electrons. The largest absolute Gasteiger partial charge is 0.338 e. The highest BCUT2D eigenvalue weighted by atomic mass is 16.2. The minimum absolute atomic E-state index is 0.00510. The molecule has 0 saturated carbocycles. The van der Waals surface area contributed by atoms with E-state index < -0.39 is 0 Å². The van der Waals surface area contributed by atoms with Crippen molar-refractivity contribution in [1.82, 2.24) is 25.4 Å². The van der Waals surface area contributed by atoms with Crippen molar-refractivity contribution in [2.75, 3.05) is 39.8 Å². The number of nitrogens with one attached hydrogen (secondary N) is 2. The number of nitrogens with zero attached hydrogens (tertiary/aromatic N) is 3. The average molecular weight is 360 g/mol. The van der Waals surface area contributed by atoms with E-state index in [2.05, 4.69) is 44.6 Å². The van der Waals surface area contributed by atoms with Crippen molar-refractivity contribution in [1.29, 1.82) is 0 Å². The summed E-state index contributed by atoms with van der Waals surface area (Å²) >= 11 is 0. The standard InChI is InChI=1S/C20H33N5O/c1-24-12-5-17(6-13-24)4-11-22-20(26)23-19-7-14-25(15-8-19)16-18-2-9-21-10-3-18/h2-3,9-10,17,19H,4-8,11-16H2,1H3,(H2,22,23,26). The lowest BCUT2D eigenvalue weighted by Crippen LogP contribution is -2.48. The highest BCUT2D eigenvalue weighted by molar-refractivity contribution is 5.74. The number of carbonyl (C=O) groups is 1. The third-order valence-electron chi connectivity index (χ3n) is 5.75. The Morgan fingerprint density at radius 2 is 1.81 bits per heavy atom. The Balaban J connectivity index is 1.27. The molecule has 0 aliphatic carbocycles. The Bertz CT molecular complexity index is 536. The minimum atomic E-state index is 0.00510. The van der Waals surface area contributed by atoms with Crippen molar-refractivity contribution >= 4 is 6.03 Å². The van der Waals surface area contributed by atoms with Gasteiger partial charge in [0.25, 0.3) is 0 Å². The van der Waals surface area contributed by atoms with Crippen LogP contribution in [0.25, 0.3) is 0 Å². The van der Waals surface area contributed by atoms with Gasteiger partial charge in [-0.25, -0.2) is 4.79 Å². The van der Waals surface area contributed by atoms with Crippen LogP contribution in [0.15, 0.2) is 24.5 Å². The molecule has 2 amide bonds. The van der Waals surface area contributed by atoms with Crippen LogP contribution >= 0.6 is 0 Å². The second kappa shape index (κ2) is 9.88. The van der Waals surface area contributed by atoms with E-state index >= 15 is 0 Å². The van der Waals surface area contributed by atoms with E-state index in [1.165, 1.54) is 31.5 Å². The van der Waals surface area contributed by atoms with Gasteiger partial charge >= 0.3 is 6.03 Å². The molecule has 2 aliphatic rings. The summed E-state index contributed by atoms with van der Waals surface area (Å²) in [6, 6.07) is 4.45. The zero-order valence-electron chi connectivity index (χ0n) is 16.0. The van der Waals surface area contributed by atoms with Crippen LogP contribution in [0.1, 0.15) is 37.7 Å². The van der Waals surface area contributed by atoms with Gasteiger partial charge < -0.3 is 15.5 Å². The van der Waals surface area contributed by atoms with Crippen LogP contribution in [0.5, 0.6) is 0 Å². The van der Waals surface area contributed by atoms with Crippen molar-refractivity contribution in [3.8, 4) is 0 Å². The van der Waals surface area contributed by atoms with E-state index in [0.29, 0.717) is 6.04 Å². The van der Waals surface area contributed by atoms with Crippen LogP contribution < -0.4 is 10.6 Å². The quantitative estimate of drug-likeness (QED) is 0.816. The Hall–Kier alpha value is -1.66. The van der Waals surface area contributed by atoms with Gasteiger partial charge in [-0.2, -0.15) is 0 Å². The maximum atomic E-state index is 12.1. The summed E-state index contributed by atoms with van der Waals surface area (Å²) in [5, 5.41) is 6.21. The monoisotopic (exact) mass is 359 g/mol. The SMILES string of the molecule is CN1CCC(CCNC(=O)NC2CCN(Cc3ccncc3)CC2)CC1. The van der Waals surface area contributed by atoms with Crippen LogP contribution in [0, 0.1) is 5.92 Å². The lowest BCUT2D eigenvalue weighted by Gasteiger charge is -2.32. The molecule has 1 aromatic rings. The van der Waals surface area contributed by atoms with Gasteiger partial charge in [0.1, 0.15) is 0 Å². The summed E-state index contributed by atoms with van der Waals surface area (Å²) < 4.78 is 0. The van der Waals surface area contributed by atoms with E-state index in [-0.39, 0.29) is 6.03 Å². The lowest BCUT2D eigenvalue weighted by molar-refractivity contribution is 0.185. The second-order valence-corrected chi connectivity index (χ2v) is 7.84. The maximum absolute atomic E-state index is 12.1. The van der Waals surface area contributed by atoms with Crippen molar-refractivity contribution < 1.29 is 4.79 Å². The molecule has 0 spiro atoms. The average Bonchev–Trinajstić information content (AvgIpc) is 2.66. The van der Waals surface area contributed by atoms with Crippen molar-refractivity contribution in [3.05, 3.63) is 30.1 Å². The molecule has 6 heteroatoms. The molecule has 1 aromatic heterocycles. The van der Waals surface area contributed by atoms with Gasteiger partial charge in [-0.1, -0.05) is 0 Å². The lowest BCUT2D eigenvalue weighted by atomic mass is 9.94. The molecular formula is C20H33N5O. The first-order valence-electron chi connectivity index (χ1n) is 10.0. The highest BCUT2D eigenvalue weighted by Crippen LogP contribution is 2.18. The molecule has 0 atom stereocenters. The molecule has 2 fully saturated rings. The van der Waals surface area contributed by atoms with E-state index in [1.807, 2.05) is 12.4 Å². The van der Waals surface area contributed by atoms with Crippen molar-refractivity contribution in [2.24, 2.45) is 5.92 Å². The number of rotatable bonds is 6. The molecule has 26 heavy (non-hydrogen) atoms. The molecule has 2 aliphatic heterocycles. The molecule has 6 nitrogen and oxygen atoms in total. The molecule has 3 rings (SSSR count). The van der Waals surface area contributed by atoms with Gasteiger partial charge in [0.2, 0.25) is 0 Å².